The van der Waals surface area contributed by atoms with E-state index in [4.69, 9.17) is 10.5 Å². The summed E-state index contributed by atoms with van der Waals surface area (Å²) in [5.74, 6) is 1.05. The van der Waals surface area contributed by atoms with Gasteiger partial charge in [0.05, 0.1) is 18.5 Å². The molecule has 28 heavy (non-hydrogen) atoms. The lowest BCUT2D eigenvalue weighted by atomic mass is 9.90. The lowest BCUT2D eigenvalue weighted by Crippen LogP contribution is -2.46. The van der Waals surface area contributed by atoms with Crippen LogP contribution in [0.25, 0.3) is 5.65 Å². The second-order valence-electron chi connectivity index (χ2n) is 8.13. The molecule has 4 rings (SSSR count). The number of imidazole rings is 1. The normalized spacial score (nSPS) is 20.0. The highest BCUT2D eigenvalue weighted by Crippen LogP contribution is 2.26. The van der Waals surface area contributed by atoms with Gasteiger partial charge in [0.15, 0.2) is 11.5 Å². The molecule has 8 nitrogen and oxygen atoms in total. The third-order valence-electron chi connectivity index (χ3n) is 6.14. The maximum absolute atomic E-state index is 6.08. The van der Waals surface area contributed by atoms with Gasteiger partial charge < -0.3 is 20.7 Å². The second kappa shape index (κ2) is 9.05. The molecule has 0 spiro atoms. The molecule has 0 aromatic carbocycles. The third-order valence-corrected chi connectivity index (χ3v) is 6.14. The summed E-state index contributed by atoms with van der Waals surface area (Å²) in [5.41, 5.74) is 7.81. The summed E-state index contributed by atoms with van der Waals surface area (Å²) in [5, 5.41) is 8.01. The van der Waals surface area contributed by atoms with Crippen LogP contribution in [-0.2, 0) is 6.42 Å². The minimum absolute atomic E-state index is 0.346. The van der Waals surface area contributed by atoms with Gasteiger partial charge in [0.25, 0.3) is 0 Å². The van der Waals surface area contributed by atoms with Crippen molar-refractivity contribution in [3.05, 3.63) is 11.9 Å². The number of piperidine rings is 2. The minimum atomic E-state index is 0.346. The van der Waals surface area contributed by atoms with Crippen molar-refractivity contribution >= 4 is 11.5 Å². The molecular weight excluding hydrogens is 354 g/mol. The van der Waals surface area contributed by atoms with Crippen LogP contribution in [0.4, 0.5) is 5.82 Å². The summed E-state index contributed by atoms with van der Waals surface area (Å²) in [7, 11) is 0. The summed E-state index contributed by atoms with van der Waals surface area (Å²) < 4.78 is 7.50. The largest absolute Gasteiger partial charge is 0.462 e. The van der Waals surface area contributed by atoms with Crippen LogP contribution in [-0.4, -0.2) is 63.3 Å². The van der Waals surface area contributed by atoms with Crippen LogP contribution in [0.2, 0.25) is 0 Å². The highest BCUT2D eigenvalue weighted by Gasteiger charge is 2.27. The van der Waals surface area contributed by atoms with Gasteiger partial charge >= 0.3 is 6.01 Å². The van der Waals surface area contributed by atoms with Gasteiger partial charge in [-0.1, -0.05) is 13.3 Å². The van der Waals surface area contributed by atoms with E-state index in [0.717, 1.165) is 44.1 Å². The number of nitrogens with two attached hydrogens (primary N) is 1. The molecule has 2 saturated heterocycles. The molecule has 4 heterocycles. The number of nitrogens with one attached hydrogen (secondary N) is 1. The Labute approximate surface area is 166 Å². The van der Waals surface area contributed by atoms with Crippen molar-refractivity contribution in [2.24, 2.45) is 5.92 Å². The predicted molar refractivity (Wildman–Crippen MR) is 109 cm³/mol. The van der Waals surface area contributed by atoms with E-state index in [1.807, 2.05) is 10.7 Å². The molecule has 2 aromatic heterocycles. The monoisotopic (exact) mass is 387 g/mol. The van der Waals surface area contributed by atoms with Crippen molar-refractivity contribution in [1.29, 1.82) is 0 Å². The maximum atomic E-state index is 6.08. The molecule has 2 fully saturated rings. The fraction of sp³-hybridized carbons (Fsp3) is 0.750. The average Bonchev–Trinajstić information content (AvgIpc) is 3.13. The number of unbranched alkanes of at least 4 members (excludes halogenated alkanes) is 1. The van der Waals surface area contributed by atoms with E-state index in [9.17, 15) is 0 Å². The lowest BCUT2D eigenvalue weighted by Gasteiger charge is -2.39. The van der Waals surface area contributed by atoms with E-state index in [1.54, 1.807) is 0 Å². The van der Waals surface area contributed by atoms with Crippen molar-refractivity contribution in [2.45, 2.75) is 57.9 Å². The third kappa shape index (κ3) is 4.38. The molecule has 154 valence electrons. The highest BCUT2D eigenvalue weighted by atomic mass is 16.5. The standard InChI is InChI=1S/C20H33N7O/c1-2-3-12-28-20-24-18(21)19-23-14-17(27(19)25-20)13-15-6-10-26(11-7-15)16-4-8-22-9-5-16/h14-16,22H,2-13H2,1H3,(H2,21,24,25). The predicted octanol–water partition coefficient (Wildman–Crippen LogP) is 1.89. The van der Waals surface area contributed by atoms with Crippen LogP contribution in [0, 0.1) is 5.92 Å². The first-order valence-electron chi connectivity index (χ1n) is 10.8. The number of ether oxygens (including phenoxy) is 1. The second-order valence-corrected chi connectivity index (χ2v) is 8.13. The molecule has 0 bridgehead atoms. The Morgan fingerprint density at radius 1 is 1.21 bits per heavy atom. The Bertz CT molecular complexity index is 763. The van der Waals surface area contributed by atoms with Gasteiger partial charge in [-0.3, -0.25) is 0 Å². The number of nitrogen functional groups attached to an aromatic ring is 1. The lowest BCUT2D eigenvalue weighted by molar-refractivity contribution is 0.110. The summed E-state index contributed by atoms with van der Waals surface area (Å²) in [6.45, 7) is 7.47. The van der Waals surface area contributed by atoms with Crippen LogP contribution in [0.5, 0.6) is 6.01 Å². The van der Waals surface area contributed by atoms with E-state index in [0.29, 0.717) is 30.0 Å². The maximum Gasteiger partial charge on any atom is 0.336 e. The van der Waals surface area contributed by atoms with Gasteiger partial charge in [-0.05, 0) is 70.6 Å². The zero-order valence-electron chi connectivity index (χ0n) is 16.9. The number of hydrogen-bond donors (Lipinski definition) is 2. The number of rotatable bonds is 7. The molecule has 8 heteroatoms. The van der Waals surface area contributed by atoms with E-state index < -0.39 is 0 Å². The first kappa shape index (κ1) is 19.4. The number of anilines is 1. The molecular formula is C20H33N7O. The van der Waals surface area contributed by atoms with Crippen LogP contribution in [0.15, 0.2) is 6.20 Å². The first-order chi connectivity index (χ1) is 13.7. The molecule has 0 radical (unpaired) electrons. The Morgan fingerprint density at radius 2 is 2.00 bits per heavy atom. The van der Waals surface area contributed by atoms with Crippen molar-refractivity contribution < 1.29 is 4.74 Å². The van der Waals surface area contributed by atoms with Gasteiger partial charge in [0, 0.05) is 6.04 Å². The zero-order chi connectivity index (χ0) is 19.3. The molecule has 2 aliphatic rings. The Balaban J connectivity index is 1.39. The number of fused-ring (bicyclic) bond motifs is 1. The summed E-state index contributed by atoms with van der Waals surface area (Å²) >= 11 is 0. The Morgan fingerprint density at radius 3 is 2.75 bits per heavy atom. The van der Waals surface area contributed by atoms with Crippen LogP contribution >= 0.6 is 0 Å². The van der Waals surface area contributed by atoms with E-state index in [1.165, 1.54) is 38.8 Å². The molecule has 0 unspecified atom stereocenters. The summed E-state index contributed by atoms with van der Waals surface area (Å²) in [4.78, 5) is 11.4. The van der Waals surface area contributed by atoms with E-state index >= 15 is 0 Å². The highest BCUT2D eigenvalue weighted by molar-refractivity contribution is 5.59. The smallest absolute Gasteiger partial charge is 0.336 e. The van der Waals surface area contributed by atoms with Crippen LogP contribution in [0.1, 0.15) is 51.1 Å². The molecule has 2 aliphatic heterocycles. The Hall–Kier alpha value is -1.93. The molecule has 0 saturated carbocycles. The molecule has 0 aliphatic carbocycles. The minimum Gasteiger partial charge on any atom is -0.462 e. The van der Waals surface area contributed by atoms with Gasteiger partial charge in [0.1, 0.15) is 0 Å². The Kier molecular flexibility index (Phi) is 6.26. The van der Waals surface area contributed by atoms with Crippen LogP contribution in [0.3, 0.4) is 0 Å². The SMILES string of the molecule is CCCCOc1nc(N)c2ncc(CC3CCN(C4CCNCC4)CC3)n2n1. The van der Waals surface area contributed by atoms with Crippen molar-refractivity contribution in [2.75, 3.05) is 38.5 Å². The fourth-order valence-electron chi connectivity index (χ4n) is 4.43. The van der Waals surface area contributed by atoms with Gasteiger partial charge in [-0.15, -0.1) is 5.10 Å². The molecule has 0 amide bonds. The van der Waals surface area contributed by atoms with Crippen molar-refractivity contribution in [3.8, 4) is 6.01 Å². The quantitative estimate of drug-likeness (QED) is 0.701. The first-order valence-corrected chi connectivity index (χ1v) is 10.8. The number of hydrogen-bond acceptors (Lipinski definition) is 7. The van der Waals surface area contributed by atoms with Gasteiger partial charge in [-0.25, -0.2) is 9.50 Å². The van der Waals surface area contributed by atoms with Crippen molar-refractivity contribution in [3.63, 3.8) is 0 Å². The topological polar surface area (TPSA) is 93.6 Å². The average molecular weight is 388 g/mol. The molecule has 2 aromatic rings. The van der Waals surface area contributed by atoms with Gasteiger partial charge in [0.2, 0.25) is 0 Å². The van der Waals surface area contributed by atoms with E-state index in [-0.39, 0.29) is 0 Å². The summed E-state index contributed by atoms with van der Waals surface area (Å²) in [6.07, 6.45) is 9.97. The van der Waals surface area contributed by atoms with Crippen molar-refractivity contribution in [1.82, 2.24) is 29.8 Å². The molecule has 0 atom stereocenters. The number of likely N-dealkylation sites (tertiary alicyclic amines) is 1. The number of aromatic nitrogens is 4. The van der Waals surface area contributed by atoms with Gasteiger partial charge in [-0.2, -0.15) is 4.98 Å². The summed E-state index contributed by atoms with van der Waals surface area (Å²) in [6, 6.07) is 1.12. The van der Waals surface area contributed by atoms with E-state index in [2.05, 4.69) is 32.2 Å². The fourth-order valence-corrected chi connectivity index (χ4v) is 4.43. The molecule has 3 N–H and O–H groups in total. The van der Waals surface area contributed by atoms with Crippen LogP contribution < -0.4 is 15.8 Å². The zero-order valence-corrected chi connectivity index (χ0v) is 16.9. The number of nitrogens with zero attached hydrogens (tertiary/aromatic N) is 5.